The molecule has 0 bridgehead atoms. The van der Waals surface area contributed by atoms with Crippen LogP contribution in [-0.2, 0) is 6.18 Å². The quantitative estimate of drug-likeness (QED) is 0.754. The standard InChI is InChI=1S/C16H14F3N5O2/c17-16(18,19)15-23-22-13(26-15)10-2-1-5-24(7-10)14(25)9-3-4-11-12(6-9)21-8-20-11/h3-4,6,8,10H,1-2,5,7H2,(H,20,21). The molecule has 10 heteroatoms. The predicted octanol–water partition coefficient (Wildman–Crippen LogP) is 2.98. The molecule has 1 aliphatic heterocycles. The molecule has 2 aromatic heterocycles. The molecule has 136 valence electrons. The van der Waals surface area contributed by atoms with Crippen molar-refractivity contribution in [3.63, 3.8) is 0 Å². The lowest BCUT2D eigenvalue weighted by Gasteiger charge is -2.31. The van der Waals surface area contributed by atoms with E-state index < -0.39 is 18.0 Å². The average molecular weight is 365 g/mol. The van der Waals surface area contributed by atoms with Crippen molar-refractivity contribution < 1.29 is 22.4 Å². The van der Waals surface area contributed by atoms with Gasteiger partial charge in [-0.2, -0.15) is 13.2 Å². The maximum absolute atomic E-state index is 12.8. The Labute approximate surface area is 145 Å². The molecule has 1 aliphatic rings. The zero-order valence-corrected chi connectivity index (χ0v) is 13.5. The second-order valence-corrected chi connectivity index (χ2v) is 6.17. The normalized spacial score (nSPS) is 18.4. The SMILES string of the molecule is O=C(c1ccc2nc[nH]c2c1)N1CCCC(c2nnc(C(F)(F)F)o2)C1. The number of nitrogens with one attached hydrogen (secondary N) is 1. The summed E-state index contributed by atoms with van der Waals surface area (Å²) in [4.78, 5) is 21.4. The fraction of sp³-hybridized carbons (Fsp3) is 0.375. The van der Waals surface area contributed by atoms with Gasteiger partial charge in [-0.3, -0.25) is 4.79 Å². The minimum atomic E-state index is -4.67. The molecule has 1 N–H and O–H groups in total. The number of likely N-dealkylation sites (tertiary alicyclic amines) is 1. The zero-order chi connectivity index (χ0) is 18.3. The highest BCUT2D eigenvalue weighted by molar-refractivity contribution is 5.97. The summed E-state index contributed by atoms with van der Waals surface area (Å²) < 4.78 is 42.7. The van der Waals surface area contributed by atoms with Crippen LogP contribution in [-0.4, -0.2) is 44.1 Å². The lowest BCUT2D eigenvalue weighted by molar-refractivity contribution is -0.157. The van der Waals surface area contributed by atoms with Crippen LogP contribution < -0.4 is 0 Å². The third-order valence-corrected chi connectivity index (χ3v) is 4.41. The summed E-state index contributed by atoms with van der Waals surface area (Å²) in [6, 6.07) is 5.14. The van der Waals surface area contributed by atoms with Gasteiger partial charge < -0.3 is 14.3 Å². The lowest BCUT2D eigenvalue weighted by atomic mass is 9.97. The number of halogens is 3. The number of fused-ring (bicyclic) bond motifs is 1. The molecule has 0 saturated carbocycles. The van der Waals surface area contributed by atoms with Crippen molar-refractivity contribution in [3.05, 3.63) is 41.9 Å². The molecule has 1 aromatic carbocycles. The predicted molar refractivity (Wildman–Crippen MR) is 83.3 cm³/mol. The van der Waals surface area contributed by atoms with Crippen molar-refractivity contribution in [1.29, 1.82) is 0 Å². The van der Waals surface area contributed by atoms with Crippen LogP contribution >= 0.6 is 0 Å². The smallest absolute Gasteiger partial charge is 0.417 e. The first-order chi connectivity index (χ1) is 12.4. The molecule has 7 nitrogen and oxygen atoms in total. The number of nitrogens with zero attached hydrogens (tertiary/aromatic N) is 4. The van der Waals surface area contributed by atoms with Crippen LogP contribution in [0.25, 0.3) is 11.0 Å². The second-order valence-electron chi connectivity index (χ2n) is 6.17. The van der Waals surface area contributed by atoms with Gasteiger partial charge in [0, 0.05) is 18.7 Å². The summed E-state index contributed by atoms with van der Waals surface area (Å²) in [6.07, 6.45) is -1.89. The Bertz CT molecular complexity index is 949. The van der Waals surface area contributed by atoms with Crippen LogP contribution in [0.4, 0.5) is 13.2 Å². The number of hydrogen-bond acceptors (Lipinski definition) is 5. The number of carbonyl (C=O) groups excluding carboxylic acids is 1. The number of hydrogen-bond donors (Lipinski definition) is 1. The highest BCUT2D eigenvalue weighted by Crippen LogP contribution is 2.32. The van der Waals surface area contributed by atoms with Gasteiger partial charge in [0.05, 0.1) is 23.3 Å². The number of imidazole rings is 1. The molecule has 0 aliphatic carbocycles. The van der Waals surface area contributed by atoms with Gasteiger partial charge in [-0.05, 0) is 31.0 Å². The molecule has 3 aromatic rings. The molecule has 1 unspecified atom stereocenters. The summed E-state index contributed by atoms with van der Waals surface area (Å²) in [5, 5.41) is 6.58. The number of rotatable bonds is 2. The van der Waals surface area contributed by atoms with E-state index in [4.69, 9.17) is 4.42 Å². The minimum absolute atomic E-state index is 0.0844. The number of aromatic amines is 1. The fourth-order valence-corrected chi connectivity index (χ4v) is 3.13. The second kappa shape index (κ2) is 6.11. The van der Waals surface area contributed by atoms with Crippen molar-refractivity contribution in [1.82, 2.24) is 25.1 Å². The van der Waals surface area contributed by atoms with Crippen molar-refractivity contribution in [2.75, 3.05) is 13.1 Å². The Morgan fingerprint density at radius 2 is 2.15 bits per heavy atom. The minimum Gasteiger partial charge on any atom is -0.417 e. The maximum atomic E-state index is 12.8. The van der Waals surface area contributed by atoms with Gasteiger partial charge in [-0.1, -0.05) is 0 Å². The molecular formula is C16H14F3N5O2. The zero-order valence-electron chi connectivity index (χ0n) is 13.5. The fourth-order valence-electron chi connectivity index (χ4n) is 3.13. The van der Waals surface area contributed by atoms with E-state index in [9.17, 15) is 18.0 Å². The molecule has 1 saturated heterocycles. The Kier molecular flexibility index (Phi) is 3.89. The van der Waals surface area contributed by atoms with Crippen LogP contribution in [0.1, 0.15) is 40.9 Å². The molecule has 1 amide bonds. The number of piperidine rings is 1. The highest BCUT2D eigenvalue weighted by atomic mass is 19.4. The number of aromatic nitrogens is 4. The van der Waals surface area contributed by atoms with Crippen molar-refractivity contribution in [3.8, 4) is 0 Å². The number of carbonyl (C=O) groups is 1. The molecule has 1 fully saturated rings. The van der Waals surface area contributed by atoms with Gasteiger partial charge in [0.2, 0.25) is 5.89 Å². The van der Waals surface area contributed by atoms with Gasteiger partial charge >= 0.3 is 12.1 Å². The van der Waals surface area contributed by atoms with Crippen LogP contribution in [0.5, 0.6) is 0 Å². The monoisotopic (exact) mass is 365 g/mol. The Morgan fingerprint density at radius 1 is 1.31 bits per heavy atom. The molecule has 0 spiro atoms. The van der Waals surface area contributed by atoms with E-state index in [1.807, 2.05) is 0 Å². The maximum Gasteiger partial charge on any atom is 0.470 e. The number of H-pyrrole nitrogens is 1. The first-order valence-corrected chi connectivity index (χ1v) is 8.05. The highest BCUT2D eigenvalue weighted by Gasteiger charge is 2.39. The molecule has 26 heavy (non-hydrogen) atoms. The van der Waals surface area contributed by atoms with Gasteiger partial charge in [0.1, 0.15) is 0 Å². The van der Waals surface area contributed by atoms with E-state index in [1.54, 1.807) is 29.4 Å². The Morgan fingerprint density at radius 3 is 2.92 bits per heavy atom. The molecule has 1 atom stereocenters. The van der Waals surface area contributed by atoms with Gasteiger partial charge in [-0.15, -0.1) is 10.2 Å². The summed E-state index contributed by atoms with van der Waals surface area (Å²) in [5.74, 6) is -2.05. The average Bonchev–Trinajstić information content (AvgIpc) is 3.29. The first-order valence-electron chi connectivity index (χ1n) is 8.05. The third kappa shape index (κ3) is 3.02. The number of alkyl halides is 3. The molecular weight excluding hydrogens is 351 g/mol. The van der Waals surface area contributed by atoms with E-state index in [0.29, 0.717) is 24.9 Å². The summed E-state index contributed by atoms with van der Waals surface area (Å²) >= 11 is 0. The number of benzene rings is 1. The van der Waals surface area contributed by atoms with Crippen LogP contribution in [0.3, 0.4) is 0 Å². The van der Waals surface area contributed by atoms with Crippen molar-refractivity contribution >= 4 is 16.9 Å². The van der Waals surface area contributed by atoms with Gasteiger partial charge in [-0.25, -0.2) is 4.98 Å². The van der Waals surface area contributed by atoms with Crippen LogP contribution in [0, 0.1) is 0 Å². The van der Waals surface area contributed by atoms with Crippen LogP contribution in [0.15, 0.2) is 28.9 Å². The number of amides is 1. The molecule has 4 rings (SSSR count). The van der Waals surface area contributed by atoms with Crippen LogP contribution in [0.2, 0.25) is 0 Å². The van der Waals surface area contributed by atoms with Crippen molar-refractivity contribution in [2.24, 2.45) is 0 Å². The summed E-state index contributed by atoms with van der Waals surface area (Å²) in [6.45, 7) is 0.760. The van der Waals surface area contributed by atoms with E-state index in [2.05, 4.69) is 20.2 Å². The molecule has 3 heterocycles. The lowest BCUT2D eigenvalue weighted by Crippen LogP contribution is -2.39. The van der Waals surface area contributed by atoms with E-state index >= 15 is 0 Å². The van der Waals surface area contributed by atoms with Crippen molar-refractivity contribution in [2.45, 2.75) is 24.9 Å². The van der Waals surface area contributed by atoms with E-state index in [0.717, 1.165) is 11.0 Å². The van der Waals surface area contributed by atoms with E-state index in [1.165, 1.54) is 0 Å². The topological polar surface area (TPSA) is 87.9 Å². The van der Waals surface area contributed by atoms with Gasteiger partial charge in [0.15, 0.2) is 0 Å². The Balaban J connectivity index is 1.52. The third-order valence-electron chi connectivity index (χ3n) is 4.41. The first kappa shape index (κ1) is 16.6. The van der Waals surface area contributed by atoms with Gasteiger partial charge in [0.25, 0.3) is 5.91 Å². The molecule has 0 radical (unpaired) electrons. The summed E-state index contributed by atoms with van der Waals surface area (Å²) in [5.41, 5.74) is 1.99. The van der Waals surface area contributed by atoms with E-state index in [-0.39, 0.29) is 18.3 Å². The summed E-state index contributed by atoms with van der Waals surface area (Å²) in [7, 11) is 0. The Hall–Kier alpha value is -2.91. The largest absolute Gasteiger partial charge is 0.470 e.